The summed E-state index contributed by atoms with van der Waals surface area (Å²) in [6.07, 6.45) is 3.00. The zero-order valence-electron chi connectivity index (χ0n) is 11.3. The summed E-state index contributed by atoms with van der Waals surface area (Å²) >= 11 is 0. The van der Waals surface area contributed by atoms with Gasteiger partial charge < -0.3 is 15.4 Å². The van der Waals surface area contributed by atoms with Gasteiger partial charge in [-0.3, -0.25) is 4.79 Å². The molecule has 4 nitrogen and oxygen atoms in total. The molecule has 0 saturated carbocycles. The van der Waals surface area contributed by atoms with Crippen molar-refractivity contribution in [1.82, 2.24) is 10.6 Å². The average Bonchev–Trinajstić information content (AvgIpc) is 2.77. The molecule has 0 aliphatic carbocycles. The first-order valence-corrected chi connectivity index (χ1v) is 6.62. The lowest BCUT2D eigenvalue weighted by Crippen LogP contribution is -2.44. The van der Waals surface area contributed by atoms with Crippen LogP contribution in [0.4, 0.5) is 0 Å². The summed E-state index contributed by atoms with van der Waals surface area (Å²) in [4.78, 5) is 12.3. The molecule has 0 aromatic rings. The van der Waals surface area contributed by atoms with Crippen LogP contribution in [0.3, 0.4) is 0 Å². The van der Waals surface area contributed by atoms with Gasteiger partial charge in [0.2, 0.25) is 5.91 Å². The van der Waals surface area contributed by atoms with Gasteiger partial charge in [0.25, 0.3) is 0 Å². The maximum atomic E-state index is 12.3. The molecule has 1 heterocycles. The van der Waals surface area contributed by atoms with E-state index in [0.717, 1.165) is 32.4 Å². The van der Waals surface area contributed by atoms with Crippen molar-refractivity contribution >= 4 is 5.91 Å². The summed E-state index contributed by atoms with van der Waals surface area (Å²) in [5.41, 5.74) is -0.165. The second-order valence-electron chi connectivity index (χ2n) is 5.23. The molecule has 2 unspecified atom stereocenters. The molecule has 100 valence electrons. The number of nitrogens with one attached hydrogen (secondary N) is 2. The van der Waals surface area contributed by atoms with E-state index in [9.17, 15) is 4.79 Å². The minimum Gasteiger partial charge on any atom is -0.384 e. The van der Waals surface area contributed by atoms with Crippen LogP contribution >= 0.6 is 0 Å². The number of carbonyl (C=O) groups excluding carboxylic acids is 1. The Hall–Kier alpha value is -0.610. The van der Waals surface area contributed by atoms with Crippen LogP contribution < -0.4 is 10.6 Å². The van der Waals surface area contributed by atoms with E-state index in [1.807, 2.05) is 0 Å². The summed E-state index contributed by atoms with van der Waals surface area (Å²) in [5, 5.41) is 6.38. The molecule has 1 fully saturated rings. The van der Waals surface area contributed by atoms with Gasteiger partial charge in [0.1, 0.15) is 0 Å². The minimum atomic E-state index is -0.165. The molecular weight excluding hydrogens is 216 g/mol. The Bertz CT molecular complexity index is 238. The Kier molecular flexibility index (Phi) is 5.92. The molecule has 0 radical (unpaired) electrons. The maximum absolute atomic E-state index is 12.3. The predicted molar refractivity (Wildman–Crippen MR) is 68.9 cm³/mol. The lowest BCUT2D eigenvalue weighted by atomic mass is 9.81. The molecule has 1 aliphatic heterocycles. The first kappa shape index (κ1) is 14.5. The van der Waals surface area contributed by atoms with E-state index in [4.69, 9.17) is 4.74 Å². The first-order valence-electron chi connectivity index (χ1n) is 6.62. The Morgan fingerprint density at radius 3 is 2.88 bits per heavy atom. The fourth-order valence-electron chi connectivity index (χ4n) is 2.54. The topological polar surface area (TPSA) is 50.4 Å². The third kappa shape index (κ3) is 3.96. The Morgan fingerprint density at radius 2 is 2.35 bits per heavy atom. The van der Waals surface area contributed by atoms with Gasteiger partial charge in [-0.25, -0.2) is 0 Å². The lowest BCUT2D eigenvalue weighted by molar-refractivity contribution is -0.130. The van der Waals surface area contributed by atoms with Gasteiger partial charge in [0.15, 0.2) is 0 Å². The molecule has 0 aromatic carbocycles. The zero-order valence-corrected chi connectivity index (χ0v) is 11.3. The van der Waals surface area contributed by atoms with E-state index in [1.54, 1.807) is 7.11 Å². The SMILES string of the molecule is CCCC1(C(=O)NCC(C)COC)CCNC1. The van der Waals surface area contributed by atoms with E-state index in [1.165, 1.54) is 0 Å². The van der Waals surface area contributed by atoms with E-state index >= 15 is 0 Å². The number of methoxy groups -OCH3 is 1. The van der Waals surface area contributed by atoms with Crippen molar-refractivity contribution in [2.24, 2.45) is 11.3 Å². The first-order chi connectivity index (χ1) is 8.14. The summed E-state index contributed by atoms with van der Waals surface area (Å²) in [6, 6.07) is 0. The highest BCUT2D eigenvalue weighted by Crippen LogP contribution is 2.31. The van der Waals surface area contributed by atoms with Gasteiger partial charge in [-0.05, 0) is 25.3 Å². The quantitative estimate of drug-likeness (QED) is 0.704. The maximum Gasteiger partial charge on any atom is 0.227 e. The molecule has 2 N–H and O–H groups in total. The van der Waals surface area contributed by atoms with Crippen molar-refractivity contribution in [1.29, 1.82) is 0 Å². The molecule has 17 heavy (non-hydrogen) atoms. The smallest absolute Gasteiger partial charge is 0.227 e. The number of carbonyl (C=O) groups is 1. The van der Waals surface area contributed by atoms with Crippen LogP contribution in [0.5, 0.6) is 0 Å². The summed E-state index contributed by atoms with van der Waals surface area (Å²) in [5.74, 6) is 0.587. The number of hydrogen-bond donors (Lipinski definition) is 2. The van der Waals surface area contributed by atoms with Crippen LogP contribution in [-0.4, -0.2) is 39.3 Å². The lowest BCUT2D eigenvalue weighted by Gasteiger charge is -2.27. The second-order valence-corrected chi connectivity index (χ2v) is 5.23. The van der Waals surface area contributed by atoms with Crippen molar-refractivity contribution < 1.29 is 9.53 Å². The molecule has 1 rings (SSSR count). The highest BCUT2D eigenvalue weighted by Gasteiger charge is 2.39. The molecule has 0 spiro atoms. The van der Waals surface area contributed by atoms with Crippen molar-refractivity contribution in [3.63, 3.8) is 0 Å². The third-order valence-electron chi connectivity index (χ3n) is 3.52. The number of amides is 1. The third-order valence-corrected chi connectivity index (χ3v) is 3.52. The monoisotopic (exact) mass is 242 g/mol. The fraction of sp³-hybridized carbons (Fsp3) is 0.923. The molecule has 0 aromatic heterocycles. The molecule has 1 saturated heterocycles. The van der Waals surface area contributed by atoms with Gasteiger partial charge in [0, 0.05) is 20.2 Å². The van der Waals surface area contributed by atoms with Crippen molar-refractivity contribution in [3.8, 4) is 0 Å². The zero-order chi connectivity index (χ0) is 12.7. The van der Waals surface area contributed by atoms with Gasteiger partial charge in [-0.1, -0.05) is 20.3 Å². The van der Waals surface area contributed by atoms with Crippen LogP contribution in [0.15, 0.2) is 0 Å². The van der Waals surface area contributed by atoms with Crippen molar-refractivity contribution in [3.05, 3.63) is 0 Å². The van der Waals surface area contributed by atoms with Crippen LogP contribution in [-0.2, 0) is 9.53 Å². The second kappa shape index (κ2) is 6.97. The number of rotatable bonds is 7. The highest BCUT2D eigenvalue weighted by molar-refractivity contribution is 5.83. The van der Waals surface area contributed by atoms with Gasteiger partial charge >= 0.3 is 0 Å². The van der Waals surface area contributed by atoms with E-state index in [-0.39, 0.29) is 11.3 Å². The fourth-order valence-corrected chi connectivity index (χ4v) is 2.54. The van der Waals surface area contributed by atoms with Crippen molar-refractivity contribution in [2.75, 3.05) is 33.4 Å². The van der Waals surface area contributed by atoms with Gasteiger partial charge in [-0.15, -0.1) is 0 Å². The largest absolute Gasteiger partial charge is 0.384 e. The van der Waals surface area contributed by atoms with Crippen LogP contribution in [0.25, 0.3) is 0 Å². The standard InChI is InChI=1S/C13H26N2O2/c1-4-5-13(6-7-14-10-13)12(16)15-8-11(2)9-17-3/h11,14H,4-10H2,1-3H3,(H,15,16). The number of ether oxygens (including phenoxy) is 1. The highest BCUT2D eigenvalue weighted by atomic mass is 16.5. The molecule has 2 atom stereocenters. The normalized spacial score (nSPS) is 25.8. The molecule has 4 heteroatoms. The molecular formula is C13H26N2O2. The molecule has 1 aliphatic rings. The molecule has 0 bridgehead atoms. The van der Waals surface area contributed by atoms with Crippen molar-refractivity contribution in [2.45, 2.75) is 33.1 Å². The van der Waals surface area contributed by atoms with Crippen LogP contribution in [0.2, 0.25) is 0 Å². The van der Waals surface area contributed by atoms with Crippen LogP contribution in [0, 0.1) is 11.3 Å². The Balaban J connectivity index is 2.43. The van der Waals surface area contributed by atoms with E-state index in [2.05, 4.69) is 24.5 Å². The summed E-state index contributed by atoms with van der Waals surface area (Å²) < 4.78 is 5.07. The van der Waals surface area contributed by atoms with Gasteiger partial charge in [-0.2, -0.15) is 0 Å². The number of hydrogen-bond acceptors (Lipinski definition) is 3. The molecule has 1 amide bonds. The van der Waals surface area contributed by atoms with Crippen LogP contribution in [0.1, 0.15) is 33.1 Å². The predicted octanol–water partition coefficient (Wildman–Crippen LogP) is 1.16. The minimum absolute atomic E-state index is 0.165. The average molecular weight is 242 g/mol. The van der Waals surface area contributed by atoms with E-state index < -0.39 is 0 Å². The summed E-state index contributed by atoms with van der Waals surface area (Å²) in [7, 11) is 1.69. The Labute approximate surface area is 104 Å². The van der Waals surface area contributed by atoms with Gasteiger partial charge in [0.05, 0.1) is 12.0 Å². The summed E-state index contributed by atoms with van der Waals surface area (Å²) in [6.45, 7) is 7.41. The van der Waals surface area contributed by atoms with E-state index in [0.29, 0.717) is 19.1 Å². The Morgan fingerprint density at radius 1 is 1.59 bits per heavy atom.